The van der Waals surface area contributed by atoms with Gasteiger partial charge in [-0.1, -0.05) is 6.07 Å². The van der Waals surface area contributed by atoms with Gasteiger partial charge in [-0.15, -0.1) is 0 Å². The number of rotatable bonds is 6. The number of anilines is 2. The van der Waals surface area contributed by atoms with Crippen LogP contribution >= 0.6 is 0 Å². The second-order valence-corrected chi connectivity index (χ2v) is 8.86. The minimum atomic E-state index is -4.63. The number of nitrogens with zero attached hydrogens (tertiary/aromatic N) is 6. The van der Waals surface area contributed by atoms with Crippen molar-refractivity contribution in [1.29, 1.82) is 0 Å². The van der Waals surface area contributed by atoms with Crippen LogP contribution in [0.2, 0.25) is 0 Å². The summed E-state index contributed by atoms with van der Waals surface area (Å²) in [5, 5.41) is 4.52. The highest BCUT2D eigenvalue weighted by molar-refractivity contribution is 6.05. The van der Waals surface area contributed by atoms with E-state index in [1.54, 1.807) is 54.9 Å². The zero-order chi connectivity index (χ0) is 27.6. The molecule has 2 aromatic heterocycles. The number of hydrazine groups is 1. The van der Waals surface area contributed by atoms with Crippen molar-refractivity contribution in [3.63, 3.8) is 0 Å². The van der Waals surface area contributed by atoms with Crippen LogP contribution in [-0.4, -0.2) is 42.8 Å². The van der Waals surface area contributed by atoms with Gasteiger partial charge in [0.05, 0.1) is 35.4 Å². The molecule has 0 unspecified atom stereocenters. The number of amidine groups is 1. The average Bonchev–Trinajstić information content (AvgIpc) is 3.37. The molecule has 12 heteroatoms. The largest absolute Gasteiger partial charge is 0.416 e. The van der Waals surface area contributed by atoms with E-state index in [0.29, 0.717) is 35.0 Å². The van der Waals surface area contributed by atoms with Crippen LogP contribution < -0.4 is 10.7 Å². The molecule has 1 amide bonds. The van der Waals surface area contributed by atoms with Crippen LogP contribution in [0.1, 0.15) is 32.7 Å². The Bertz CT molecular complexity index is 1580. The number of alkyl halides is 3. The van der Waals surface area contributed by atoms with Crippen LogP contribution in [0.15, 0.2) is 84.9 Å². The van der Waals surface area contributed by atoms with Crippen molar-refractivity contribution in [3.05, 3.63) is 108 Å². The first-order valence-electron chi connectivity index (χ1n) is 11.8. The fourth-order valence-corrected chi connectivity index (χ4v) is 3.96. The van der Waals surface area contributed by atoms with E-state index in [-0.39, 0.29) is 11.3 Å². The molecule has 0 atom stereocenters. The highest BCUT2D eigenvalue weighted by Gasteiger charge is 2.32. The molecule has 0 spiro atoms. The number of carbonyl (C=O) groups is 1. The van der Waals surface area contributed by atoms with Crippen molar-refractivity contribution >= 4 is 23.1 Å². The third-order valence-corrected chi connectivity index (χ3v) is 5.93. The fraction of sp³-hybridized carbons (Fsp3) is 0.148. The molecule has 1 aliphatic rings. The SMILES string of the molecule is Cc1cn(-c2cc(C(=O)Nc3ccc(C)c(NN4CC=CN=C4c4cncnc4)c3)cc(C(F)(F)F)c2)cn1. The Labute approximate surface area is 221 Å². The summed E-state index contributed by atoms with van der Waals surface area (Å²) in [5.41, 5.74) is 5.71. The molecule has 9 nitrogen and oxygen atoms in total. The zero-order valence-corrected chi connectivity index (χ0v) is 20.9. The molecule has 5 rings (SSSR count). The fourth-order valence-electron chi connectivity index (χ4n) is 3.96. The molecule has 3 heterocycles. The molecule has 2 N–H and O–H groups in total. The number of aromatic nitrogens is 4. The summed E-state index contributed by atoms with van der Waals surface area (Å²) in [6.45, 7) is 4.12. The van der Waals surface area contributed by atoms with Gasteiger partial charge in [-0.3, -0.25) is 15.2 Å². The van der Waals surface area contributed by atoms with Gasteiger partial charge >= 0.3 is 6.18 Å². The Morgan fingerprint density at radius 2 is 1.85 bits per heavy atom. The molecule has 0 aliphatic carbocycles. The number of aliphatic imine (C=N–C) groups is 1. The second kappa shape index (κ2) is 10.4. The van der Waals surface area contributed by atoms with E-state index in [9.17, 15) is 18.0 Å². The molecular weight excluding hydrogens is 509 g/mol. The normalized spacial score (nSPS) is 13.3. The summed E-state index contributed by atoms with van der Waals surface area (Å²) in [6.07, 6.45) is 6.65. The highest BCUT2D eigenvalue weighted by atomic mass is 19.4. The molecule has 0 fully saturated rings. The number of carbonyl (C=O) groups excluding carboxylic acids is 1. The first-order chi connectivity index (χ1) is 18.7. The second-order valence-electron chi connectivity index (χ2n) is 8.86. The van der Waals surface area contributed by atoms with Gasteiger partial charge < -0.3 is 9.88 Å². The number of halogens is 3. The number of benzene rings is 2. The van der Waals surface area contributed by atoms with Gasteiger partial charge in [-0.25, -0.2) is 19.9 Å². The quantitative estimate of drug-likeness (QED) is 0.356. The molecule has 0 saturated heterocycles. The number of aryl methyl sites for hydroxylation is 2. The topological polar surface area (TPSA) is 100 Å². The summed E-state index contributed by atoms with van der Waals surface area (Å²) < 4.78 is 42.4. The molecule has 0 radical (unpaired) electrons. The summed E-state index contributed by atoms with van der Waals surface area (Å²) in [5.74, 6) is -0.0724. The van der Waals surface area contributed by atoms with Crippen molar-refractivity contribution in [2.45, 2.75) is 20.0 Å². The van der Waals surface area contributed by atoms with Gasteiger partial charge in [0.15, 0.2) is 5.84 Å². The number of amides is 1. The van der Waals surface area contributed by atoms with Crippen LogP contribution in [0, 0.1) is 13.8 Å². The number of hydrogen-bond acceptors (Lipinski definition) is 7. The predicted molar refractivity (Wildman–Crippen MR) is 140 cm³/mol. The van der Waals surface area contributed by atoms with Gasteiger partial charge in [0.1, 0.15) is 6.33 Å². The third-order valence-electron chi connectivity index (χ3n) is 5.93. The lowest BCUT2D eigenvalue weighted by atomic mass is 10.1. The Morgan fingerprint density at radius 1 is 1.05 bits per heavy atom. The van der Waals surface area contributed by atoms with Gasteiger partial charge in [-0.2, -0.15) is 13.2 Å². The van der Waals surface area contributed by atoms with Crippen LogP contribution in [0.4, 0.5) is 24.5 Å². The molecule has 4 aromatic rings. The molecule has 198 valence electrons. The predicted octanol–water partition coefficient (Wildman–Crippen LogP) is 5.15. The maximum Gasteiger partial charge on any atom is 0.416 e. The van der Waals surface area contributed by atoms with Crippen molar-refractivity contribution in [2.75, 3.05) is 17.3 Å². The summed E-state index contributed by atoms with van der Waals surface area (Å²) in [4.78, 5) is 29.7. The van der Waals surface area contributed by atoms with Crippen molar-refractivity contribution in [2.24, 2.45) is 4.99 Å². The lowest BCUT2D eigenvalue weighted by Crippen LogP contribution is -2.38. The van der Waals surface area contributed by atoms with Crippen LogP contribution in [-0.2, 0) is 6.18 Å². The smallest absolute Gasteiger partial charge is 0.322 e. The van der Waals surface area contributed by atoms with Crippen molar-refractivity contribution in [3.8, 4) is 5.69 Å². The monoisotopic (exact) mass is 532 g/mol. The van der Waals surface area contributed by atoms with Crippen LogP contribution in [0.25, 0.3) is 5.69 Å². The molecule has 2 aromatic carbocycles. The number of hydrogen-bond donors (Lipinski definition) is 2. The number of imidazole rings is 1. The first-order valence-corrected chi connectivity index (χ1v) is 11.8. The Hall–Kier alpha value is -5.00. The lowest BCUT2D eigenvalue weighted by Gasteiger charge is -2.29. The summed E-state index contributed by atoms with van der Waals surface area (Å²) in [7, 11) is 0. The van der Waals surface area contributed by atoms with Gasteiger partial charge in [0, 0.05) is 41.7 Å². The zero-order valence-electron chi connectivity index (χ0n) is 20.9. The van der Waals surface area contributed by atoms with Gasteiger partial charge in [0.2, 0.25) is 0 Å². The van der Waals surface area contributed by atoms with E-state index < -0.39 is 17.6 Å². The van der Waals surface area contributed by atoms with E-state index >= 15 is 0 Å². The Morgan fingerprint density at radius 3 is 2.56 bits per heavy atom. The molecule has 1 aliphatic heterocycles. The molecule has 39 heavy (non-hydrogen) atoms. The van der Waals surface area contributed by atoms with E-state index in [1.165, 1.54) is 23.3 Å². The standard InChI is InChI=1S/C27H23F3N8O/c1-17-4-5-22(11-24(17)36-38-7-3-6-33-25(38)20-12-31-15-32-13-20)35-26(39)19-8-21(27(28,29)30)10-23(9-19)37-14-18(2)34-16-37/h3-6,8-16,36H,7H2,1-2H3,(H,35,39). The van der Waals surface area contributed by atoms with Crippen molar-refractivity contribution in [1.82, 2.24) is 24.5 Å². The van der Waals surface area contributed by atoms with Gasteiger partial charge in [-0.05, 0) is 55.8 Å². The minimum Gasteiger partial charge on any atom is -0.322 e. The van der Waals surface area contributed by atoms with E-state index in [0.717, 1.165) is 17.7 Å². The molecular formula is C27H23F3N8O. The van der Waals surface area contributed by atoms with Crippen molar-refractivity contribution < 1.29 is 18.0 Å². The Kier molecular flexibility index (Phi) is 6.84. The third kappa shape index (κ3) is 5.79. The maximum atomic E-state index is 13.6. The van der Waals surface area contributed by atoms with Crippen LogP contribution in [0.5, 0.6) is 0 Å². The molecule has 0 saturated carbocycles. The number of nitrogens with one attached hydrogen (secondary N) is 2. The highest BCUT2D eigenvalue weighted by Crippen LogP contribution is 2.32. The first kappa shape index (κ1) is 25.6. The minimum absolute atomic E-state index is 0.138. The lowest BCUT2D eigenvalue weighted by molar-refractivity contribution is -0.137. The van der Waals surface area contributed by atoms with E-state index in [1.807, 2.05) is 13.0 Å². The summed E-state index contributed by atoms with van der Waals surface area (Å²) >= 11 is 0. The van der Waals surface area contributed by atoms with E-state index in [2.05, 4.69) is 30.7 Å². The summed E-state index contributed by atoms with van der Waals surface area (Å²) in [6, 6.07) is 8.40. The van der Waals surface area contributed by atoms with Crippen LogP contribution in [0.3, 0.4) is 0 Å². The maximum absolute atomic E-state index is 13.6. The average molecular weight is 533 g/mol. The van der Waals surface area contributed by atoms with Gasteiger partial charge in [0.25, 0.3) is 5.91 Å². The molecule has 0 bridgehead atoms. The van der Waals surface area contributed by atoms with E-state index in [4.69, 9.17) is 0 Å². The Balaban J connectivity index is 1.40.